The fourth-order valence-corrected chi connectivity index (χ4v) is 7.75. The summed E-state index contributed by atoms with van der Waals surface area (Å²) >= 11 is 0. The number of aliphatic hydroxyl groups is 1. The summed E-state index contributed by atoms with van der Waals surface area (Å²) < 4.78 is 5.07. The first-order valence-electron chi connectivity index (χ1n) is 11.9. The van der Waals surface area contributed by atoms with E-state index in [2.05, 4.69) is 13.8 Å². The number of ketones is 2. The highest BCUT2D eigenvalue weighted by Gasteiger charge is 2.62. The molecule has 176 valence electrons. The molecular weight excluding hydrogens is 412 g/mol. The van der Waals surface area contributed by atoms with Crippen LogP contribution in [0.5, 0.6) is 0 Å². The highest BCUT2D eigenvalue weighted by molar-refractivity contribution is 5.91. The lowest BCUT2D eigenvalue weighted by atomic mass is 9.46. The first kappa shape index (κ1) is 23.1. The van der Waals surface area contributed by atoms with Crippen LogP contribution in [0.4, 0.5) is 0 Å². The number of carboxylic acids is 1. The third-order valence-corrected chi connectivity index (χ3v) is 9.20. The predicted molar refractivity (Wildman–Crippen MR) is 114 cm³/mol. The van der Waals surface area contributed by atoms with E-state index in [9.17, 15) is 24.3 Å². The van der Waals surface area contributed by atoms with Crippen LogP contribution in [0.3, 0.4) is 0 Å². The Morgan fingerprint density at radius 1 is 1.12 bits per heavy atom. The number of aliphatic hydroxyl groups excluding tert-OH is 1. The van der Waals surface area contributed by atoms with E-state index in [1.165, 1.54) is 5.57 Å². The van der Waals surface area contributed by atoms with Gasteiger partial charge in [0, 0.05) is 12.3 Å². The third kappa shape index (κ3) is 3.82. The molecule has 0 spiro atoms. The van der Waals surface area contributed by atoms with Gasteiger partial charge in [-0.05, 0) is 73.2 Å². The molecule has 4 aliphatic carbocycles. The van der Waals surface area contributed by atoms with Crippen LogP contribution < -0.4 is 0 Å². The lowest BCUT2D eigenvalue weighted by Crippen LogP contribution is -2.57. The summed E-state index contributed by atoms with van der Waals surface area (Å²) in [4.78, 5) is 47.4. The lowest BCUT2D eigenvalue weighted by molar-refractivity contribution is -0.156. The highest BCUT2D eigenvalue weighted by Crippen LogP contribution is 2.66. The van der Waals surface area contributed by atoms with Crippen LogP contribution in [0.2, 0.25) is 0 Å². The van der Waals surface area contributed by atoms with Crippen LogP contribution in [0.15, 0.2) is 11.6 Å². The molecule has 0 aliphatic heterocycles. The van der Waals surface area contributed by atoms with Crippen molar-refractivity contribution < 1.29 is 34.1 Å². The molecule has 0 amide bonds. The Bertz CT molecular complexity index is 860. The maximum absolute atomic E-state index is 13.0. The maximum Gasteiger partial charge on any atom is 0.306 e. The first-order valence-corrected chi connectivity index (χ1v) is 11.9. The fourth-order valence-electron chi connectivity index (χ4n) is 7.75. The molecule has 3 saturated carbocycles. The number of carbonyl (C=O) groups excluding carboxylic acids is 3. The van der Waals surface area contributed by atoms with Gasteiger partial charge in [0.15, 0.2) is 11.6 Å². The molecule has 0 radical (unpaired) electrons. The number of fused-ring (bicyclic) bond motifs is 5. The molecule has 0 aromatic rings. The lowest BCUT2D eigenvalue weighted by Gasteiger charge is -2.59. The number of hydrogen-bond acceptors (Lipinski definition) is 6. The number of ether oxygens (including phenoxy) is 1. The SMILES string of the molecule is C[C@]12C[C@H](O)[C@H]3[C@@H](CCC4=CC(=O)CC[C@@]43C)[C@H]1CC[C@@H]2C(=O)COC(=O)CCC(=O)O. The van der Waals surface area contributed by atoms with Crippen molar-refractivity contribution in [3.8, 4) is 0 Å². The van der Waals surface area contributed by atoms with E-state index in [0.717, 1.165) is 32.1 Å². The van der Waals surface area contributed by atoms with Gasteiger partial charge in [-0.3, -0.25) is 19.2 Å². The van der Waals surface area contributed by atoms with E-state index < -0.39 is 18.0 Å². The third-order valence-electron chi connectivity index (χ3n) is 9.20. The van der Waals surface area contributed by atoms with Crippen molar-refractivity contribution in [3.05, 3.63) is 11.6 Å². The summed E-state index contributed by atoms with van der Waals surface area (Å²) in [6.45, 7) is 3.99. The number of Topliss-reactive ketones (excluding diaryl/α,β-unsaturated/α-hetero) is 1. The number of allylic oxidation sites excluding steroid dienone is 1. The highest BCUT2D eigenvalue weighted by atomic mass is 16.5. The standard InChI is InChI=1S/C25H34O7/c1-24-10-9-15(26)11-14(24)3-4-16-17-5-6-18(25(17,2)12-19(27)23(16)24)20(28)13-32-22(31)8-7-21(29)30/h11,16-19,23,27H,3-10,12-13H2,1-2H3,(H,29,30)/t16-,17+,18+,19-,23+,24-,25-/m0/s1. The van der Waals surface area contributed by atoms with Crippen LogP contribution in [0.25, 0.3) is 0 Å². The van der Waals surface area contributed by atoms with E-state index in [1.807, 2.05) is 6.08 Å². The minimum atomic E-state index is -1.08. The zero-order valence-electron chi connectivity index (χ0n) is 19.0. The number of hydrogen-bond donors (Lipinski definition) is 2. The van der Waals surface area contributed by atoms with E-state index in [4.69, 9.17) is 9.84 Å². The van der Waals surface area contributed by atoms with Crippen molar-refractivity contribution >= 4 is 23.5 Å². The summed E-state index contributed by atoms with van der Waals surface area (Å²) in [5.41, 5.74) is 0.698. The van der Waals surface area contributed by atoms with Crippen LogP contribution in [-0.4, -0.2) is 46.4 Å². The monoisotopic (exact) mass is 446 g/mol. The molecule has 7 nitrogen and oxygen atoms in total. The molecule has 0 unspecified atom stereocenters. The second-order valence-corrected chi connectivity index (χ2v) is 10.8. The minimum Gasteiger partial charge on any atom is -0.481 e. The van der Waals surface area contributed by atoms with Gasteiger partial charge in [0.05, 0.1) is 18.9 Å². The quantitative estimate of drug-likeness (QED) is 0.602. The molecule has 3 fully saturated rings. The largest absolute Gasteiger partial charge is 0.481 e. The molecule has 0 aromatic carbocycles. The van der Waals surface area contributed by atoms with Gasteiger partial charge in [0.25, 0.3) is 0 Å². The molecule has 7 atom stereocenters. The molecule has 4 aliphatic rings. The van der Waals surface area contributed by atoms with Gasteiger partial charge in [-0.2, -0.15) is 0 Å². The second kappa shape index (κ2) is 8.40. The van der Waals surface area contributed by atoms with E-state index >= 15 is 0 Å². The van der Waals surface area contributed by atoms with Crippen molar-refractivity contribution in [1.29, 1.82) is 0 Å². The van der Waals surface area contributed by atoms with Gasteiger partial charge in [-0.25, -0.2) is 0 Å². The Hall–Kier alpha value is -2.02. The minimum absolute atomic E-state index is 0.108. The van der Waals surface area contributed by atoms with Gasteiger partial charge in [0.2, 0.25) is 0 Å². The van der Waals surface area contributed by atoms with Gasteiger partial charge in [0.1, 0.15) is 6.61 Å². The molecule has 0 saturated heterocycles. The number of carboxylic acid groups (broad SMARTS) is 1. The summed E-state index contributed by atoms with van der Waals surface area (Å²) in [5, 5.41) is 20.0. The molecule has 7 heteroatoms. The van der Waals surface area contributed by atoms with Gasteiger partial charge in [-0.1, -0.05) is 19.4 Å². The van der Waals surface area contributed by atoms with Crippen LogP contribution in [0.1, 0.15) is 71.6 Å². The smallest absolute Gasteiger partial charge is 0.306 e. The van der Waals surface area contributed by atoms with Gasteiger partial charge >= 0.3 is 11.9 Å². The number of carbonyl (C=O) groups is 4. The Labute approximate surface area is 188 Å². The van der Waals surface area contributed by atoms with Gasteiger partial charge in [-0.15, -0.1) is 0 Å². The van der Waals surface area contributed by atoms with Crippen molar-refractivity contribution in [3.63, 3.8) is 0 Å². The zero-order chi connectivity index (χ0) is 23.3. The van der Waals surface area contributed by atoms with Crippen LogP contribution in [0, 0.1) is 34.5 Å². The van der Waals surface area contributed by atoms with E-state index in [1.54, 1.807) is 0 Å². The predicted octanol–water partition coefficient (Wildman–Crippen LogP) is 3.08. The Morgan fingerprint density at radius 2 is 1.88 bits per heavy atom. The average molecular weight is 447 g/mol. The molecule has 0 aromatic heterocycles. The molecule has 2 N–H and O–H groups in total. The molecular formula is C25H34O7. The molecule has 0 bridgehead atoms. The van der Waals surface area contributed by atoms with Gasteiger partial charge < -0.3 is 14.9 Å². The summed E-state index contributed by atoms with van der Waals surface area (Å²) in [6, 6.07) is 0. The second-order valence-electron chi connectivity index (χ2n) is 10.8. The zero-order valence-corrected chi connectivity index (χ0v) is 19.0. The van der Waals surface area contributed by atoms with E-state index in [-0.39, 0.29) is 53.7 Å². The summed E-state index contributed by atoms with van der Waals surface area (Å²) in [6.07, 6.45) is 6.04. The summed E-state index contributed by atoms with van der Waals surface area (Å²) in [7, 11) is 0. The number of aliphatic carboxylic acids is 1. The molecule has 4 rings (SSSR count). The average Bonchev–Trinajstić information content (AvgIpc) is 3.07. The topological polar surface area (TPSA) is 118 Å². The van der Waals surface area contributed by atoms with E-state index in [0.29, 0.717) is 24.7 Å². The normalized spacial score (nSPS) is 40.5. The van der Waals surface area contributed by atoms with Crippen molar-refractivity contribution in [1.82, 2.24) is 0 Å². The maximum atomic E-state index is 13.0. The van der Waals surface area contributed by atoms with Crippen molar-refractivity contribution in [2.24, 2.45) is 34.5 Å². The van der Waals surface area contributed by atoms with Crippen LogP contribution >= 0.6 is 0 Å². The Balaban J connectivity index is 1.48. The van der Waals surface area contributed by atoms with Crippen molar-refractivity contribution in [2.45, 2.75) is 77.7 Å². The Morgan fingerprint density at radius 3 is 2.59 bits per heavy atom. The fraction of sp³-hybridized carbons (Fsp3) is 0.760. The first-order chi connectivity index (χ1) is 15.1. The molecule has 0 heterocycles. The Kier molecular flexibility index (Phi) is 6.07. The van der Waals surface area contributed by atoms with Crippen molar-refractivity contribution in [2.75, 3.05) is 6.61 Å². The van der Waals surface area contributed by atoms with Crippen LogP contribution in [-0.2, 0) is 23.9 Å². The number of rotatable bonds is 6. The molecule has 32 heavy (non-hydrogen) atoms. The number of esters is 1. The summed E-state index contributed by atoms with van der Waals surface area (Å²) in [5.74, 6) is -1.21.